The highest BCUT2D eigenvalue weighted by Gasteiger charge is 2.22. The van der Waals surface area contributed by atoms with Gasteiger partial charge in [0.05, 0.1) is 0 Å². The van der Waals surface area contributed by atoms with Gasteiger partial charge in [-0.15, -0.1) is 24.0 Å². The second-order valence-corrected chi connectivity index (χ2v) is 7.36. The van der Waals surface area contributed by atoms with Crippen molar-refractivity contribution in [2.75, 3.05) is 44.7 Å². The van der Waals surface area contributed by atoms with Crippen LogP contribution in [0.4, 0.5) is 5.82 Å². The molecule has 1 saturated heterocycles. The van der Waals surface area contributed by atoms with Crippen molar-refractivity contribution in [2.45, 2.75) is 20.3 Å². The summed E-state index contributed by atoms with van der Waals surface area (Å²) in [6.07, 6.45) is 4.33. The predicted octanol–water partition coefficient (Wildman–Crippen LogP) is 1.96. The van der Waals surface area contributed by atoms with Crippen LogP contribution < -0.4 is 15.8 Å². The third-order valence-electron chi connectivity index (χ3n) is 5.07. The van der Waals surface area contributed by atoms with Gasteiger partial charge in [-0.3, -0.25) is 9.79 Å². The molecule has 0 spiro atoms. The predicted molar refractivity (Wildman–Crippen MR) is 130 cm³/mol. The molecule has 0 bridgehead atoms. The van der Waals surface area contributed by atoms with Gasteiger partial charge in [-0.1, -0.05) is 29.3 Å². The molecule has 158 valence electrons. The van der Waals surface area contributed by atoms with Gasteiger partial charge in [-0.2, -0.15) is 0 Å². The number of halogens is 1. The summed E-state index contributed by atoms with van der Waals surface area (Å²) in [5.41, 5.74) is 3.90. The van der Waals surface area contributed by atoms with Gasteiger partial charge < -0.3 is 19.7 Å². The maximum absolute atomic E-state index is 12.3. The molecule has 1 N–H and O–H groups in total. The molecule has 3 rings (SSSR count). The fourth-order valence-electron chi connectivity index (χ4n) is 3.70. The number of hydrogen-bond acceptors (Lipinski definition) is 4. The molecule has 29 heavy (non-hydrogen) atoms. The second-order valence-electron chi connectivity index (χ2n) is 7.36. The van der Waals surface area contributed by atoms with E-state index in [2.05, 4.69) is 57.1 Å². The van der Waals surface area contributed by atoms with Gasteiger partial charge in [0, 0.05) is 59.2 Å². The van der Waals surface area contributed by atoms with Crippen LogP contribution in [0.15, 0.2) is 40.4 Å². The van der Waals surface area contributed by atoms with Crippen LogP contribution in [-0.2, 0) is 13.5 Å². The topological polar surface area (TPSA) is 65.8 Å². The van der Waals surface area contributed by atoms with Crippen LogP contribution in [0.25, 0.3) is 0 Å². The lowest BCUT2D eigenvalue weighted by atomic mass is 10.1. The molecule has 7 nitrogen and oxygen atoms in total. The zero-order chi connectivity index (χ0) is 20.1. The Morgan fingerprint density at radius 2 is 1.79 bits per heavy atom. The van der Waals surface area contributed by atoms with E-state index in [9.17, 15) is 4.79 Å². The Morgan fingerprint density at radius 3 is 2.41 bits per heavy atom. The number of benzene rings is 1. The normalized spacial score (nSPS) is 14.6. The highest BCUT2D eigenvalue weighted by Crippen LogP contribution is 2.10. The van der Waals surface area contributed by atoms with Crippen LogP contribution in [0.5, 0.6) is 0 Å². The number of nitrogens with one attached hydrogen (secondary N) is 1. The number of nitrogens with zero attached hydrogens (tertiary/aromatic N) is 5. The third kappa shape index (κ3) is 5.94. The Hall–Kier alpha value is -2.10. The van der Waals surface area contributed by atoms with Gasteiger partial charge in [0.2, 0.25) is 0 Å². The van der Waals surface area contributed by atoms with E-state index in [-0.39, 0.29) is 29.5 Å². The van der Waals surface area contributed by atoms with Crippen LogP contribution in [0, 0.1) is 13.8 Å². The molecule has 0 amide bonds. The Bertz CT molecular complexity index is 882. The van der Waals surface area contributed by atoms with Crippen molar-refractivity contribution in [1.82, 2.24) is 19.8 Å². The fraction of sp³-hybridized carbons (Fsp3) is 0.476. The summed E-state index contributed by atoms with van der Waals surface area (Å²) in [5.74, 6) is 1.44. The Kier molecular flexibility index (Phi) is 8.48. The molecule has 0 aliphatic carbocycles. The number of anilines is 1. The molecule has 0 saturated carbocycles. The molecular weight excluding hydrogens is 479 g/mol. The first kappa shape index (κ1) is 23.2. The van der Waals surface area contributed by atoms with E-state index in [4.69, 9.17) is 0 Å². The Morgan fingerprint density at radius 1 is 1.14 bits per heavy atom. The lowest BCUT2D eigenvalue weighted by Gasteiger charge is -2.36. The number of aromatic nitrogens is 2. The monoisotopic (exact) mass is 510 g/mol. The molecule has 0 atom stereocenters. The first-order valence-electron chi connectivity index (χ1n) is 9.77. The highest BCUT2D eigenvalue weighted by atomic mass is 127. The molecular formula is C21H31IN6O. The summed E-state index contributed by atoms with van der Waals surface area (Å²) in [5, 5.41) is 3.48. The van der Waals surface area contributed by atoms with Crippen molar-refractivity contribution in [3.8, 4) is 0 Å². The van der Waals surface area contributed by atoms with Crippen LogP contribution in [0.2, 0.25) is 0 Å². The Balaban J connectivity index is 0.00000300. The average Bonchev–Trinajstić information content (AvgIpc) is 2.67. The van der Waals surface area contributed by atoms with Crippen molar-refractivity contribution in [1.29, 1.82) is 0 Å². The van der Waals surface area contributed by atoms with Crippen LogP contribution in [0.3, 0.4) is 0 Å². The van der Waals surface area contributed by atoms with Crippen LogP contribution >= 0.6 is 24.0 Å². The lowest BCUT2D eigenvalue weighted by Crippen LogP contribution is -2.53. The summed E-state index contributed by atoms with van der Waals surface area (Å²) < 4.78 is 1.57. The molecule has 2 aromatic rings. The van der Waals surface area contributed by atoms with Gasteiger partial charge in [-0.25, -0.2) is 4.98 Å². The zero-order valence-corrected chi connectivity index (χ0v) is 20.0. The fourth-order valence-corrected chi connectivity index (χ4v) is 3.70. The number of aryl methyl sites for hydroxylation is 3. The van der Waals surface area contributed by atoms with Crippen molar-refractivity contribution in [2.24, 2.45) is 12.0 Å². The van der Waals surface area contributed by atoms with E-state index >= 15 is 0 Å². The summed E-state index contributed by atoms with van der Waals surface area (Å²) >= 11 is 0. The third-order valence-corrected chi connectivity index (χ3v) is 5.07. The van der Waals surface area contributed by atoms with Crippen molar-refractivity contribution >= 4 is 35.8 Å². The minimum atomic E-state index is -0.0492. The summed E-state index contributed by atoms with van der Waals surface area (Å²) in [6.45, 7) is 8.24. The highest BCUT2D eigenvalue weighted by molar-refractivity contribution is 14.0. The van der Waals surface area contributed by atoms with E-state index in [0.717, 1.165) is 45.1 Å². The van der Waals surface area contributed by atoms with Crippen LogP contribution in [0.1, 0.15) is 16.7 Å². The molecule has 1 aliphatic rings. The molecule has 1 aliphatic heterocycles. The summed E-state index contributed by atoms with van der Waals surface area (Å²) in [6, 6.07) is 6.68. The second kappa shape index (κ2) is 10.6. The van der Waals surface area contributed by atoms with Crippen LogP contribution in [-0.4, -0.2) is 60.2 Å². The largest absolute Gasteiger partial charge is 0.356 e. The standard InChI is InChI=1S/C21H30N6O.HI/c1-16-13-17(2)15-18(14-16)5-6-24-21(22-3)27-11-9-26(10-12-27)19-20(28)25(4)8-7-23-19;/h7-8,13-15H,5-6,9-12H2,1-4H3,(H,22,24);1H. The minimum Gasteiger partial charge on any atom is -0.356 e. The van der Waals surface area contributed by atoms with Gasteiger partial charge >= 0.3 is 0 Å². The number of aliphatic imine (C=N–C) groups is 1. The first-order chi connectivity index (χ1) is 13.5. The summed E-state index contributed by atoms with van der Waals surface area (Å²) in [7, 11) is 3.57. The lowest BCUT2D eigenvalue weighted by molar-refractivity contribution is 0.371. The van der Waals surface area contributed by atoms with Gasteiger partial charge in [0.25, 0.3) is 5.56 Å². The number of rotatable bonds is 4. The minimum absolute atomic E-state index is 0. The van der Waals surface area contributed by atoms with E-state index in [0.29, 0.717) is 5.82 Å². The molecule has 0 radical (unpaired) electrons. The summed E-state index contributed by atoms with van der Waals surface area (Å²) in [4.78, 5) is 25.3. The number of piperazine rings is 1. The average molecular weight is 510 g/mol. The smallest absolute Gasteiger partial charge is 0.293 e. The molecule has 2 heterocycles. The van der Waals surface area contributed by atoms with E-state index in [1.807, 2.05) is 7.05 Å². The number of hydrogen-bond donors (Lipinski definition) is 1. The van der Waals surface area contributed by atoms with Gasteiger partial charge in [0.1, 0.15) is 0 Å². The molecule has 1 aromatic carbocycles. The maximum Gasteiger partial charge on any atom is 0.293 e. The maximum atomic E-state index is 12.3. The van der Waals surface area contributed by atoms with Crippen molar-refractivity contribution < 1.29 is 0 Å². The molecule has 1 aromatic heterocycles. The van der Waals surface area contributed by atoms with Gasteiger partial charge in [-0.05, 0) is 25.8 Å². The van der Waals surface area contributed by atoms with E-state index < -0.39 is 0 Å². The van der Waals surface area contributed by atoms with Crippen molar-refractivity contribution in [3.63, 3.8) is 0 Å². The van der Waals surface area contributed by atoms with E-state index in [1.165, 1.54) is 16.7 Å². The Labute approximate surface area is 189 Å². The first-order valence-corrected chi connectivity index (χ1v) is 9.77. The zero-order valence-electron chi connectivity index (χ0n) is 17.7. The number of guanidine groups is 1. The molecule has 0 unspecified atom stereocenters. The molecule has 8 heteroatoms. The molecule has 1 fully saturated rings. The van der Waals surface area contributed by atoms with E-state index in [1.54, 1.807) is 24.0 Å². The SMILES string of the molecule is CN=C(NCCc1cc(C)cc(C)c1)N1CCN(c2nccn(C)c2=O)CC1.I. The quantitative estimate of drug-likeness (QED) is 0.387. The van der Waals surface area contributed by atoms with Crippen molar-refractivity contribution in [3.05, 3.63) is 57.6 Å². The van der Waals surface area contributed by atoms with Gasteiger partial charge in [0.15, 0.2) is 11.8 Å².